The Bertz CT molecular complexity index is 652. The minimum Gasteiger partial charge on any atom is -0.478 e. The number of carboxylic acid groups (broad SMARTS) is 1. The van der Waals surface area contributed by atoms with E-state index in [0.717, 1.165) is 25.7 Å². The zero-order chi connectivity index (χ0) is 16.3. The number of benzene rings is 1. The lowest BCUT2D eigenvalue weighted by molar-refractivity contribution is 0.0690. The Morgan fingerprint density at radius 2 is 2.05 bits per heavy atom. The maximum Gasteiger partial charge on any atom is 0.336 e. The highest BCUT2D eigenvalue weighted by molar-refractivity contribution is 6.35. The maximum absolute atomic E-state index is 12.5. The van der Waals surface area contributed by atoms with E-state index >= 15 is 0 Å². The number of aromatic carboxylic acids is 1. The molecule has 0 aliphatic heterocycles. The molecule has 1 saturated carbocycles. The molecule has 1 aliphatic rings. The van der Waals surface area contributed by atoms with Gasteiger partial charge in [-0.3, -0.25) is 4.79 Å². The van der Waals surface area contributed by atoms with Crippen LogP contribution in [-0.4, -0.2) is 23.0 Å². The lowest BCUT2D eigenvalue weighted by atomic mass is 9.85. The largest absolute Gasteiger partial charge is 0.478 e. The van der Waals surface area contributed by atoms with E-state index < -0.39 is 11.9 Å². The number of carboxylic acids is 1. The highest BCUT2D eigenvalue weighted by atomic mass is 35.5. The molecule has 1 aliphatic carbocycles. The highest BCUT2D eigenvalue weighted by Gasteiger charge is 2.29. The molecule has 5 nitrogen and oxygen atoms in total. The summed E-state index contributed by atoms with van der Waals surface area (Å²) in [5.41, 5.74) is 0.478. The molecule has 0 radical (unpaired) electrons. The first-order valence-corrected chi connectivity index (χ1v) is 7.56. The van der Waals surface area contributed by atoms with Crippen LogP contribution in [0.1, 0.15) is 52.0 Å². The fraction of sp³-hybridized carbons (Fsp3) is 0.438. The number of amides is 1. The van der Waals surface area contributed by atoms with Gasteiger partial charge in [-0.05, 0) is 31.4 Å². The third-order valence-electron chi connectivity index (χ3n) is 4.04. The second kappa shape index (κ2) is 6.80. The number of nitrogens with one attached hydrogen (secondary N) is 1. The van der Waals surface area contributed by atoms with E-state index in [1.807, 2.05) is 0 Å². The first-order valence-electron chi connectivity index (χ1n) is 7.18. The predicted octanol–water partition coefficient (Wildman–Crippen LogP) is 3.16. The lowest BCUT2D eigenvalue weighted by Crippen LogP contribution is -2.42. The first kappa shape index (κ1) is 16.3. The molecule has 1 aromatic rings. The van der Waals surface area contributed by atoms with Gasteiger partial charge in [0, 0.05) is 6.04 Å². The molecule has 2 rings (SSSR count). The van der Waals surface area contributed by atoms with E-state index in [1.54, 1.807) is 13.0 Å². The molecule has 0 spiro atoms. The molecular weight excluding hydrogens is 304 g/mol. The van der Waals surface area contributed by atoms with Crippen LogP contribution in [0.15, 0.2) is 12.1 Å². The Morgan fingerprint density at radius 1 is 1.36 bits per heavy atom. The topological polar surface area (TPSA) is 90.2 Å². The molecule has 2 atom stereocenters. The van der Waals surface area contributed by atoms with E-state index in [2.05, 4.69) is 11.4 Å². The van der Waals surface area contributed by atoms with Crippen LogP contribution in [0.5, 0.6) is 0 Å². The van der Waals surface area contributed by atoms with Gasteiger partial charge in [-0.25, -0.2) is 4.79 Å². The number of nitriles is 1. The maximum atomic E-state index is 12.5. The second-order valence-corrected chi connectivity index (χ2v) is 5.90. The van der Waals surface area contributed by atoms with E-state index in [9.17, 15) is 14.7 Å². The predicted molar refractivity (Wildman–Crippen MR) is 82.0 cm³/mol. The second-order valence-electron chi connectivity index (χ2n) is 5.52. The van der Waals surface area contributed by atoms with Crippen LogP contribution in [-0.2, 0) is 0 Å². The molecule has 22 heavy (non-hydrogen) atoms. The highest BCUT2D eigenvalue weighted by Crippen LogP contribution is 2.27. The number of carbonyl (C=O) groups is 2. The molecule has 0 heterocycles. The van der Waals surface area contributed by atoms with E-state index in [0.29, 0.717) is 5.56 Å². The van der Waals surface area contributed by atoms with Gasteiger partial charge in [0.15, 0.2) is 0 Å². The zero-order valence-corrected chi connectivity index (χ0v) is 13.0. The van der Waals surface area contributed by atoms with Crippen molar-refractivity contribution in [2.45, 2.75) is 38.6 Å². The van der Waals surface area contributed by atoms with Crippen molar-refractivity contribution >= 4 is 23.5 Å². The summed E-state index contributed by atoms with van der Waals surface area (Å²) in [6.07, 6.45) is 3.37. The molecule has 0 saturated heterocycles. The molecule has 0 aromatic heterocycles. The Morgan fingerprint density at radius 3 is 2.68 bits per heavy atom. The van der Waals surface area contributed by atoms with Gasteiger partial charge >= 0.3 is 5.97 Å². The Hall–Kier alpha value is -2.06. The number of halogens is 1. The summed E-state index contributed by atoms with van der Waals surface area (Å²) >= 11 is 6.14. The van der Waals surface area contributed by atoms with Crippen LogP contribution in [0.3, 0.4) is 0 Å². The number of aryl methyl sites for hydroxylation is 1. The molecule has 1 aromatic carbocycles. The number of hydrogen-bond donors (Lipinski definition) is 2. The normalized spacial score (nSPS) is 21.0. The average Bonchev–Trinajstić information content (AvgIpc) is 2.49. The van der Waals surface area contributed by atoms with Gasteiger partial charge < -0.3 is 10.4 Å². The van der Waals surface area contributed by atoms with Gasteiger partial charge in [0.25, 0.3) is 5.91 Å². The van der Waals surface area contributed by atoms with Gasteiger partial charge in [0.05, 0.1) is 28.1 Å². The van der Waals surface area contributed by atoms with Crippen LogP contribution >= 0.6 is 11.6 Å². The van der Waals surface area contributed by atoms with Crippen molar-refractivity contribution in [1.82, 2.24) is 5.32 Å². The molecule has 1 fully saturated rings. The number of nitrogens with zero attached hydrogens (tertiary/aromatic N) is 1. The summed E-state index contributed by atoms with van der Waals surface area (Å²) in [6, 6.07) is 4.90. The Labute approximate surface area is 133 Å². The molecule has 2 unspecified atom stereocenters. The molecule has 2 N–H and O–H groups in total. The van der Waals surface area contributed by atoms with Crippen LogP contribution in [0.4, 0.5) is 0 Å². The summed E-state index contributed by atoms with van der Waals surface area (Å²) in [6.45, 7) is 1.71. The summed E-state index contributed by atoms with van der Waals surface area (Å²) in [5.74, 6) is -1.97. The standard InChI is InChI=1S/C16H17ClN2O3/c1-9-6-7-11(16(21)22)13(14(9)17)15(20)19-12-5-3-2-4-10(12)8-18/h6-7,10,12H,2-5H2,1H3,(H,19,20)(H,21,22). The molecular formula is C16H17ClN2O3. The average molecular weight is 321 g/mol. The fourth-order valence-electron chi connectivity index (χ4n) is 2.78. The third-order valence-corrected chi connectivity index (χ3v) is 4.53. The summed E-state index contributed by atoms with van der Waals surface area (Å²) < 4.78 is 0. The van der Waals surface area contributed by atoms with Crippen molar-refractivity contribution in [3.05, 3.63) is 33.8 Å². The van der Waals surface area contributed by atoms with E-state index in [-0.39, 0.29) is 28.1 Å². The van der Waals surface area contributed by atoms with Crippen LogP contribution in [0.2, 0.25) is 5.02 Å². The van der Waals surface area contributed by atoms with Crippen molar-refractivity contribution < 1.29 is 14.7 Å². The smallest absolute Gasteiger partial charge is 0.336 e. The zero-order valence-electron chi connectivity index (χ0n) is 12.2. The molecule has 1 amide bonds. The van der Waals surface area contributed by atoms with Gasteiger partial charge in [-0.1, -0.05) is 30.5 Å². The van der Waals surface area contributed by atoms with Crippen molar-refractivity contribution in [3.8, 4) is 6.07 Å². The van der Waals surface area contributed by atoms with Crippen molar-refractivity contribution in [2.75, 3.05) is 0 Å². The summed E-state index contributed by atoms with van der Waals surface area (Å²) in [5, 5.41) is 21.3. The van der Waals surface area contributed by atoms with Gasteiger partial charge in [-0.2, -0.15) is 5.26 Å². The summed E-state index contributed by atoms with van der Waals surface area (Å²) in [4.78, 5) is 23.8. The quantitative estimate of drug-likeness (QED) is 0.895. The van der Waals surface area contributed by atoms with Gasteiger partial charge in [-0.15, -0.1) is 0 Å². The fourth-order valence-corrected chi connectivity index (χ4v) is 3.03. The monoisotopic (exact) mass is 320 g/mol. The SMILES string of the molecule is Cc1ccc(C(=O)O)c(C(=O)NC2CCCCC2C#N)c1Cl. The van der Waals surface area contributed by atoms with Crippen molar-refractivity contribution in [3.63, 3.8) is 0 Å². The van der Waals surface area contributed by atoms with Crippen LogP contribution < -0.4 is 5.32 Å². The van der Waals surface area contributed by atoms with Gasteiger partial charge in [0.2, 0.25) is 0 Å². The molecule has 116 valence electrons. The first-order chi connectivity index (χ1) is 10.5. The molecule has 0 bridgehead atoms. The minimum atomic E-state index is -1.20. The third kappa shape index (κ3) is 3.23. The van der Waals surface area contributed by atoms with Crippen molar-refractivity contribution in [2.24, 2.45) is 5.92 Å². The van der Waals surface area contributed by atoms with E-state index in [4.69, 9.17) is 16.9 Å². The number of hydrogen-bond acceptors (Lipinski definition) is 3. The number of rotatable bonds is 3. The Kier molecular flexibility index (Phi) is 5.04. The van der Waals surface area contributed by atoms with E-state index in [1.165, 1.54) is 6.07 Å². The number of carbonyl (C=O) groups excluding carboxylic acids is 1. The minimum absolute atomic E-state index is 0.0311. The molecule has 6 heteroatoms. The summed E-state index contributed by atoms with van der Waals surface area (Å²) in [7, 11) is 0. The Balaban J connectivity index is 2.31. The van der Waals surface area contributed by atoms with Crippen LogP contribution in [0.25, 0.3) is 0 Å². The van der Waals surface area contributed by atoms with Gasteiger partial charge in [0.1, 0.15) is 0 Å². The lowest BCUT2D eigenvalue weighted by Gasteiger charge is -2.28. The van der Waals surface area contributed by atoms with Crippen molar-refractivity contribution in [1.29, 1.82) is 5.26 Å². The van der Waals surface area contributed by atoms with Crippen LogP contribution in [0, 0.1) is 24.2 Å².